The number of anilines is 1. The van der Waals surface area contributed by atoms with E-state index in [1.807, 2.05) is 0 Å². The van der Waals surface area contributed by atoms with Crippen molar-refractivity contribution >= 4 is 12.0 Å². The molecule has 0 aromatic carbocycles. The Hall–Kier alpha value is -1.86. The third kappa shape index (κ3) is 3.89. The summed E-state index contributed by atoms with van der Waals surface area (Å²) in [5.41, 5.74) is 0.595. The van der Waals surface area contributed by atoms with Gasteiger partial charge in [-0.15, -0.1) is 0 Å². The van der Waals surface area contributed by atoms with Gasteiger partial charge in [-0.25, -0.2) is 9.78 Å². The summed E-state index contributed by atoms with van der Waals surface area (Å²) in [6.45, 7) is 8.47. The second kappa shape index (κ2) is 7.64. The summed E-state index contributed by atoms with van der Waals surface area (Å²) in [4.78, 5) is 23.5. The third-order valence-corrected chi connectivity index (χ3v) is 6.22. The van der Waals surface area contributed by atoms with Crippen LogP contribution in [0.3, 0.4) is 0 Å². The second-order valence-electron chi connectivity index (χ2n) is 8.20. The van der Waals surface area contributed by atoms with Crippen molar-refractivity contribution < 1.29 is 14.3 Å². The molecule has 27 heavy (non-hydrogen) atoms. The number of pyridine rings is 1. The molecule has 148 valence electrons. The van der Waals surface area contributed by atoms with E-state index < -0.39 is 6.16 Å². The van der Waals surface area contributed by atoms with E-state index in [4.69, 9.17) is 9.47 Å². The van der Waals surface area contributed by atoms with Crippen LogP contribution in [0.25, 0.3) is 0 Å². The highest BCUT2D eigenvalue weighted by Crippen LogP contribution is 2.46. The summed E-state index contributed by atoms with van der Waals surface area (Å²) < 4.78 is 10.2. The lowest BCUT2D eigenvalue weighted by molar-refractivity contribution is 0.0204. The van der Waals surface area contributed by atoms with E-state index in [1.165, 1.54) is 32.4 Å². The van der Waals surface area contributed by atoms with Gasteiger partial charge in [0.05, 0.1) is 6.61 Å². The average molecular weight is 374 g/mol. The molecule has 7 nitrogen and oxygen atoms in total. The van der Waals surface area contributed by atoms with Crippen LogP contribution in [0.2, 0.25) is 0 Å². The molecule has 1 unspecified atom stereocenters. The van der Waals surface area contributed by atoms with Crippen molar-refractivity contribution in [3.63, 3.8) is 0 Å². The van der Waals surface area contributed by atoms with Gasteiger partial charge in [-0.3, -0.25) is 4.90 Å². The number of rotatable bonds is 4. The summed E-state index contributed by atoms with van der Waals surface area (Å²) >= 11 is 0. The van der Waals surface area contributed by atoms with E-state index in [1.54, 1.807) is 25.3 Å². The molecule has 7 heteroatoms. The molecule has 0 N–H and O–H groups in total. The number of nitrogens with zero attached hydrogens (tertiary/aromatic N) is 4. The molecule has 1 aromatic rings. The summed E-state index contributed by atoms with van der Waals surface area (Å²) in [5, 5.41) is 0. The van der Waals surface area contributed by atoms with E-state index >= 15 is 0 Å². The molecule has 3 aliphatic rings. The van der Waals surface area contributed by atoms with Crippen LogP contribution in [0.4, 0.5) is 10.6 Å². The lowest BCUT2D eigenvalue weighted by Crippen LogP contribution is -2.54. The first-order valence-electron chi connectivity index (χ1n) is 10.1. The Balaban J connectivity index is 1.34. The van der Waals surface area contributed by atoms with Gasteiger partial charge in [-0.1, -0.05) is 0 Å². The van der Waals surface area contributed by atoms with Crippen molar-refractivity contribution in [2.75, 3.05) is 57.8 Å². The van der Waals surface area contributed by atoms with E-state index in [-0.39, 0.29) is 0 Å². The van der Waals surface area contributed by atoms with Crippen molar-refractivity contribution in [1.82, 2.24) is 14.8 Å². The first-order chi connectivity index (χ1) is 13.1. The van der Waals surface area contributed by atoms with Crippen molar-refractivity contribution in [2.45, 2.75) is 32.2 Å². The molecule has 1 aromatic heterocycles. The number of hydrogen-bond donors (Lipinski definition) is 0. The number of piperazine rings is 1. The van der Waals surface area contributed by atoms with Crippen LogP contribution in [0, 0.1) is 5.41 Å². The molecule has 2 saturated heterocycles. The molecule has 3 fully saturated rings. The highest BCUT2D eigenvalue weighted by Gasteiger charge is 2.48. The minimum absolute atomic E-state index is 0.297. The smallest absolute Gasteiger partial charge is 0.434 e. The monoisotopic (exact) mass is 374 g/mol. The molecule has 3 heterocycles. The molecule has 1 saturated carbocycles. The first-order valence-corrected chi connectivity index (χ1v) is 10.1. The minimum atomic E-state index is -0.674. The normalized spacial score (nSPS) is 25.4. The minimum Gasteiger partial charge on any atom is -0.434 e. The first kappa shape index (κ1) is 18.5. The van der Waals surface area contributed by atoms with Crippen molar-refractivity contribution in [3.05, 3.63) is 18.3 Å². The maximum Gasteiger partial charge on any atom is 0.513 e. The molecular weight excluding hydrogens is 344 g/mol. The average Bonchev–Trinajstić information content (AvgIpc) is 3.08. The number of ether oxygens (including phenoxy) is 2. The molecule has 1 atom stereocenters. The van der Waals surface area contributed by atoms with Gasteiger partial charge in [0.2, 0.25) is 0 Å². The number of hydrogen-bond acceptors (Lipinski definition) is 7. The topological polar surface area (TPSA) is 58.1 Å². The Kier molecular flexibility index (Phi) is 5.23. The maximum atomic E-state index is 11.7. The fourth-order valence-electron chi connectivity index (χ4n) is 5.11. The summed E-state index contributed by atoms with van der Waals surface area (Å²) in [6.07, 6.45) is 5.12. The van der Waals surface area contributed by atoms with Crippen molar-refractivity contribution in [1.29, 1.82) is 0 Å². The van der Waals surface area contributed by atoms with Crippen LogP contribution in [-0.4, -0.2) is 79.9 Å². The predicted octanol–water partition coefficient (Wildman–Crippen LogP) is 2.22. The van der Waals surface area contributed by atoms with Crippen LogP contribution in [0.15, 0.2) is 18.3 Å². The van der Waals surface area contributed by atoms with Gasteiger partial charge in [0.1, 0.15) is 0 Å². The number of aromatic nitrogens is 1. The quantitative estimate of drug-likeness (QED) is 0.749. The molecule has 1 aliphatic carbocycles. The highest BCUT2D eigenvalue weighted by atomic mass is 16.7. The van der Waals surface area contributed by atoms with E-state index in [9.17, 15) is 4.79 Å². The largest absolute Gasteiger partial charge is 0.513 e. The Morgan fingerprint density at radius 2 is 2.07 bits per heavy atom. The third-order valence-electron chi connectivity index (χ3n) is 6.22. The zero-order valence-corrected chi connectivity index (χ0v) is 16.4. The van der Waals surface area contributed by atoms with Crippen molar-refractivity contribution in [2.24, 2.45) is 5.41 Å². The van der Waals surface area contributed by atoms with Crippen LogP contribution in [0.5, 0.6) is 5.75 Å². The number of likely N-dealkylation sites (tertiary alicyclic amines) is 1. The van der Waals surface area contributed by atoms with Gasteiger partial charge >= 0.3 is 6.16 Å². The zero-order chi connectivity index (χ0) is 18.9. The van der Waals surface area contributed by atoms with Gasteiger partial charge in [0.15, 0.2) is 11.6 Å². The van der Waals surface area contributed by atoms with E-state index in [2.05, 4.69) is 26.7 Å². The lowest BCUT2D eigenvalue weighted by Gasteiger charge is -2.47. The highest BCUT2D eigenvalue weighted by molar-refractivity contribution is 5.67. The Morgan fingerprint density at radius 3 is 2.78 bits per heavy atom. The molecule has 0 bridgehead atoms. The van der Waals surface area contributed by atoms with Crippen molar-refractivity contribution in [3.8, 4) is 5.75 Å². The van der Waals surface area contributed by atoms with Gasteiger partial charge in [0.25, 0.3) is 0 Å². The molecule has 1 spiro atoms. The Bertz CT molecular complexity index is 669. The fourth-order valence-corrected chi connectivity index (χ4v) is 5.11. The summed E-state index contributed by atoms with van der Waals surface area (Å²) in [6, 6.07) is 4.28. The number of carbonyl (C=O) groups is 1. The van der Waals surface area contributed by atoms with E-state index in [0.29, 0.717) is 17.8 Å². The van der Waals surface area contributed by atoms with Crippen LogP contribution < -0.4 is 9.64 Å². The van der Waals surface area contributed by atoms with Crippen LogP contribution in [-0.2, 0) is 4.74 Å². The van der Waals surface area contributed by atoms with Gasteiger partial charge in [0, 0.05) is 51.5 Å². The SMILES string of the molecule is CCOC(=O)Oc1cccnc1N1CCN(C2CCC3(C2)CN(C)C3)CC1. The molecule has 0 amide bonds. The molecule has 0 radical (unpaired) electrons. The lowest BCUT2D eigenvalue weighted by atomic mass is 9.78. The van der Waals surface area contributed by atoms with E-state index in [0.717, 1.165) is 38.0 Å². The maximum absolute atomic E-state index is 11.7. The van der Waals surface area contributed by atoms with Gasteiger partial charge in [-0.05, 0) is 50.8 Å². The predicted molar refractivity (Wildman–Crippen MR) is 103 cm³/mol. The van der Waals surface area contributed by atoms with Crippen LogP contribution in [0.1, 0.15) is 26.2 Å². The Labute approximate surface area is 161 Å². The van der Waals surface area contributed by atoms with Gasteiger partial charge < -0.3 is 19.3 Å². The molecule has 2 aliphatic heterocycles. The second-order valence-corrected chi connectivity index (χ2v) is 8.20. The zero-order valence-electron chi connectivity index (χ0n) is 16.4. The number of carbonyl (C=O) groups excluding carboxylic acids is 1. The molecular formula is C20H30N4O3. The Morgan fingerprint density at radius 1 is 1.30 bits per heavy atom. The molecule has 4 rings (SSSR count). The standard InChI is InChI=1S/C20H30N4O3/c1-3-26-19(25)27-17-5-4-8-21-18(17)24-11-9-23(10-12-24)16-6-7-20(13-16)14-22(2)15-20/h4-5,8,16H,3,6-7,9-15H2,1-2H3. The summed E-state index contributed by atoms with van der Waals surface area (Å²) in [7, 11) is 2.22. The fraction of sp³-hybridized carbons (Fsp3) is 0.700. The summed E-state index contributed by atoms with van der Waals surface area (Å²) in [5.74, 6) is 1.20. The van der Waals surface area contributed by atoms with Crippen LogP contribution >= 0.6 is 0 Å². The van der Waals surface area contributed by atoms with Gasteiger partial charge in [-0.2, -0.15) is 0 Å².